The normalized spacial score (nSPS) is 13.2. The van der Waals surface area contributed by atoms with Crippen LogP contribution in [0.25, 0.3) is 0 Å². The molecule has 2 amide bonds. The Bertz CT molecular complexity index is 1170. The van der Waals surface area contributed by atoms with Gasteiger partial charge >= 0.3 is 0 Å². The molecule has 36 heavy (non-hydrogen) atoms. The summed E-state index contributed by atoms with van der Waals surface area (Å²) in [5.41, 5.74) is 2.35. The molecule has 188 valence electrons. The van der Waals surface area contributed by atoms with Crippen LogP contribution in [0, 0.1) is 0 Å². The lowest BCUT2D eigenvalue weighted by Crippen LogP contribution is -2.48. The Morgan fingerprint density at radius 1 is 1.03 bits per heavy atom. The zero-order valence-electron chi connectivity index (χ0n) is 20.2. The highest BCUT2D eigenvalue weighted by atomic mass is 32.1. The molecular formula is C27H30N4O3S2. The van der Waals surface area contributed by atoms with Crippen LogP contribution in [0.2, 0.25) is 0 Å². The van der Waals surface area contributed by atoms with Crippen molar-refractivity contribution in [2.75, 3.05) is 43.0 Å². The minimum Gasteiger partial charge on any atom is -0.494 e. The van der Waals surface area contributed by atoms with Crippen molar-refractivity contribution < 1.29 is 14.3 Å². The highest BCUT2D eigenvalue weighted by Crippen LogP contribution is 2.21. The molecule has 0 aliphatic carbocycles. The molecule has 1 fully saturated rings. The van der Waals surface area contributed by atoms with Gasteiger partial charge in [-0.2, -0.15) is 0 Å². The average molecular weight is 523 g/mol. The summed E-state index contributed by atoms with van der Waals surface area (Å²) >= 11 is 6.82. The van der Waals surface area contributed by atoms with E-state index in [2.05, 4.69) is 22.5 Å². The van der Waals surface area contributed by atoms with Gasteiger partial charge < -0.3 is 19.9 Å². The number of thiophene rings is 1. The molecule has 2 heterocycles. The molecule has 2 aromatic carbocycles. The highest BCUT2D eigenvalue weighted by Gasteiger charge is 2.22. The second-order valence-electron chi connectivity index (χ2n) is 8.44. The number of rotatable bonds is 8. The Hall–Kier alpha value is -3.43. The number of hydrogen-bond donors (Lipinski definition) is 2. The Morgan fingerprint density at radius 2 is 1.81 bits per heavy atom. The third-order valence-electron chi connectivity index (χ3n) is 5.88. The number of carbonyl (C=O) groups is 2. The SMILES string of the molecule is CCCCOc1cccc(C(=O)NC(=S)Nc2ccc(N3CCN(C(=O)c4cccs4)CC3)cc2)c1. The van der Waals surface area contributed by atoms with Gasteiger partial charge in [0.2, 0.25) is 0 Å². The van der Waals surface area contributed by atoms with Gasteiger partial charge in [0.1, 0.15) is 5.75 Å². The van der Waals surface area contributed by atoms with E-state index in [-0.39, 0.29) is 16.9 Å². The molecule has 0 bridgehead atoms. The van der Waals surface area contributed by atoms with Gasteiger partial charge in [-0.1, -0.05) is 25.5 Å². The first kappa shape index (κ1) is 25.7. The van der Waals surface area contributed by atoms with E-state index in [1.54, 1.807) is 18.2 Å². The van der Waals surface area contributed by atoms with Crippen molar-refractivity contribution >= 4 is 51.9 Å². The van der Waals surface area contributed by atoms with Crippen molar-refractivity contribution in [3.63, 3.8) is 0 Å². The van der Waals surface area contributed by atoms with E-state index in [1.807, 2.05) is 52.7 Å². The van der Waals surface area contributed by atoms with E-state index in [4.69, 9.17) is 17.0 Å². The van der Waals surface area contributed by atoms with E-state index in [9.17, 15) is 9.59 Å². The molecule has 7 nitrogen and oxygen atoms in total. The third kappa shape index (κ3) is 6.83. The van der Waals surface area contributed by atoms with Gasteiger partial charge in [-0.05, 0) is 72.5 Å². The summed E-state index contributed by atoms with van der Waals surface area (Å²) in [4.78, 5) is 30.1. The molecule has 3 aromatic rings. The predicted octanol–water partition coefficient (Wildman–Crippen LogP) is 5.02. The topological polar surface area (TPSA) is 73.9 Å². The number of anilines is 2. The van der Waals surface area contributed by atoms with Crippen molar-refractivity contribution in [1.29, 1.82) is 0 Å². The van der Waals surface area contributed by atoms with E-state index >= 15 is 0 Å². The Morgan fingerprint density at radius 3 is 2.50 bits per heavy atom. The molecule has 1 aliphatic heterocycles. The molecule has 0 spiro atoms. The fourth-order valence-corrected chi connectivity index (χ4v) is 4.78. The van der Waals surface area contributed by atoms with Gasteiger partial charge in [-0.25, -0.2) is 0 Å². The van der Waals surface area contributed by atoms with Crippen molar-refractivity contribution in [2.45, 2.75) is 19.8 Å². The van der Waals surface area contributed by atoms with Crippen LogP contribution in [-0.4, -0.2) is 54.6 Å². The third-order valence-corrected chi connectivity index (χ3v) is 6.94. The second kappa shape index (κ2) is 12.5. The molecule has 2 N–H and O–H groups in total. The van der Waals surface area contributed by atoms with Crippen LogP contribution >= 0.6 is 23.6 Å². The highest BCUT2D eigenvalue weighted by molar-refractivity contribution is 7.80. The van der Waals surface area contributed by atoms with Gasteiger partial charge in [0.05, 0.1) is 11.5 Å². The first-order valence-electron chi connectivity index (χ1n) is 12.1. The summed E-state index contributed by atoms with van der Waals surface area (Å²) in [5.74, 6) is 0.484. The van der Waals surface area contributed by atoms with Crippen LogP contribution in [-0.2, 0) is 0 Å². The largest absolute Gasteiger partial charge is 0.494 e. The lowest BCUT2D eigenvalue weighted by molar-refractivity contribution is 0.0751. The Balaban J connectivity index is 1.25. The molecule has 0 saturated carbocycles. The minimum absolute atomic E-state index is 0.107. The van der Waals surface area contributed by atoms with Crippen LogP contribution in [0.15, 0.2) is 66.0 Å². The van der Waals surface area contributed by atoms with Crippen molar-refractivity contribution in [3.05, 3.63) is 76.5 Å². The molecule has 0 atom stereocenters. The number of amides is 2. The number of ether oxygens (including phenoxy) is 1. The van der Waals surface area contributed by atoms with E-state index in [1.165, 1.54) is 11.3 Å². The van der Waals surface area contributed by atoms with Gasteiger partial charge in [0, 0.05) is 43.1 Å². The second-order valence-corrected chi connectivity index (χ2v) is 9.80. The quantitative estimate of drug-likeness (QED) is 0.320. The Kier molecular flexibility index (Phi) is 8.91. The smallest absolute Gasteiger partial charge is 0.264 e. The number of nitrogens with zero attached hydrogens (tertiary/aromatic N) is 2. The van der Waals surface area contributed by atoms with Crippen LogP contribution in [0.1, 0.15) is 39.8 Å². The summed E-state index contributed by atoms with van der Waals surface area (Å²) in [5, 5.41) is 7.94. The molecule has 0 radical (unpaired) electrons. The van der Waals surface area contributed by atoms with Gasteiger partial charge in [-0.3, -0.25) is 14.9 Å². The van der Waals surface area contributed by atoms with Crippen LogP contribution in [0.4, 0.5) is 11.4 Å². The maximum Gasteiger partial charge on any atom is 0.264 e. The van der Waals surface area contributed by atoms with Gasteiger partial charge in [-0.15, -0.1) is 11.3 Å². The standard InChI is InChI=1S/C27H30N4O3S2/c1-2-3-17-34-23-7-4-6-20(19-23)25(32)29-27(35)28-21-9-11-22(12-10-21)30-13-15-31(16-14-30)26(33)24-8-5-18-36-24/h4-12,18-19H,2-3,13-17H2,1H3,(H2,28,29,32,35). The molecule has 9 heteroatoms. The van der Waals surface area contributed by atoms with Gasteiger partial charge in [0.25, 0.3) is 11.8 Å². The number of benzene rings is 2. The summed E-state index contributed by atoms with van der Waals surface area (Å²) in [6.45, 7) is 5.67. The lowest BCUT2D eigenvalue weighted by atomic mass is 10.2. The average Bonchev–Trinajstić information content (AvgIpc) is 3.44. The van der Waals surface area contributed by atoms with E-state index in [0.717, 1.165) is 42.2 Å². The van der Waals surface area contributed by atoms with Crippen molar-refractivity contribution in [2.24, 2.45) is 0 Å². The number of nitrogens with one attached hydrogen (secondary N) is 2. The van der Waals surface area contributed by atoms with E-state index in [0.29, 0.717) is 31.0 Å². The summed E-state index contributed by atoms with van der Waals surface area (Å²) < 4.78 is 5.68. The molecule has 1 saturated heterocycles. The number of thiocarbonyl (C=S) groups is 1. The van der Waals surface area contributed by atoms with Crippen molar-refractivity contribution in [3.8, 4) is 5.75 Å². The maximum absolute atomic E-state index is 12.6. The summed E-state index contributed by atoms with van der Waals surface area (Å²) in [7, 11) is 0. The zero-order valence-corrected chi connectivity index (χ0v) is 21.9. The van der Waals surface area contributed by atoms with Crippen molar-refractivity contribution in [1.82, 2.24) is 10.2 Å². The fourth-order valence-electron chi connectivity index (χ4n) is 3.88. The maximum atomic E-state index is 12.6. The number of unbranched alkanes of at least 4 members (excludes halogenated alkanes) is 1. The van der Waals surface area contributed by atoms with Crippen LogP contribution in [0.5, 0.6) is 5.75 Å². The van der Waals surface area contributed by atoms with Crippen LogP contribution in [0.3, 0.4) is 0 Å². The summed E-state index contributed by atoms with van der Waals surface area (Å²) in [6, 6.07) is 18.7. The fraction of sp³-hybridized carbons (Fsp3) is 0.296. The van der Waals surface area contributed by atoms with Gasteiger partial charge in [0.15, 0.2) is 5.11 Å². The summed E-state index contributed by atoms with van der Waals surface area (Å²) in [6.07, 6.45) is 2.02. The molecule has 1 aromatic heterocycles. The Labute approximate surface area is 221 Å². The number of hydrogen-bond acceptors (Lipinski definition) is 6. The first-order valence-corrected chi connectivity index (χ1v) is 13.4. The molecule has 0 unspecified atom stereocenters. The number of carbonyl (C=O) groups excluding carboxylic acids is 2. The predicted molar refractivity (Wildman–Crippen MR) is 149 cm³/mol. The monoisotopic (exact) mass is 522 g/mol. The minimum atomic E-state index is -0.292. The van der Waals surface area contributed by atoms with E-state index < -0.39 is 0 Å². The number of piperazine rings is 1. The molecule has 4 rings (SSSR count). The zero-order chi connectivity index (χ0) is 25.3. The van der Waals surface area contributed by atoms with Crippen LogP contribution < -0.4 is 20.3 Å². The lowest BCUT2D eigenvalue weighted by Gasteiger charge is -2.36. The first-order chi connectivity index (χ1) is 17.5. The molecule has 1 aliphatic rings. The molecular weight excluding hydrogens is 492 g/mol.